The van der Waals surface area contributed by atoms with Crippen molar-refractivity contribution in [2.75, 3.05) is 39.3 Å². The Bertz CT molecular complexity index is 755. The number of esters is 1. The number of fused-ring (bicyclic) bond motifs is 1. The molecule has 1 atom stereocenters. The van der Waals surface area contributed by atoms with Crippen molar-refractivity contribution in [1.82, 2.24) is 15.1 Å². The molecular weight excluding hydrogens is 346 g/mol. The number of benzene rings is 1. The first kappa shape index (κ1) is 19.1. The van der Waals surface area contributed by atoms with Gasteiger partial charge in [0.05, 0.1) is 12.1 Å². The van der Waals surface area contributed by atoms with Gasteiger partial charge in [-0.25, -0.2) is 4.79 Å². The van der Waals surface area contributed by atoms with E-state index in [-0.39, 0.29) is 11.8 Å². The molecule has 1 saturated heterocycles. The number of cyclic esters (lactones) is 1. The molecule has 0 bridgehead atoms. The van der Waals surface area contributed by atoms with Gasteiger partial charge in [-0.2, -0.15) is 0 Å². The number of amides is 2. The van der Waals surface area contributed by atoms with Crippen molar-refractivity contribution in [3.8, 4) is 0 Å². The number of carbonyl (C=O) groups excluding carboxylic acids is 3. The topological polar surface area (TPSA) is 79.0 Å². The van der Waals surface area contributed by atoms with Gasteiger partial charge in [0.2, 0.25) is 5.91 Å². The van der Waals surface area contributed by atoms with Gasteiger partial charge in [0.15, 0.2) is 5.60 Å². The normalized spacial score (nSPS) is 22.6. The Hall–Kier alpha value is -2.67. The average molecular weight is 371 g/mol. The maximum absolute atomic E-state index is 13.0. The van der Waals surface area contributed by atoms with E-state index in [0.29, 0.717) is 51.3 Å². The molecule has 1 aromatic carbocycles. The molecule has 144 valence electrons. The highest BCUT2D eigenvalue weighted by Gasteiger charge is 2.45. The highest BCUT2D eigenvalue weighted by atomic mass is 16.6. The average Bonchev–Trinajstić information content (AvgIpc) is 2.66. The number of rotatable bonds is 5. The second kappa shape index (κ2) is 7.92. The van der Waals surface area contributed by atoms with Crippen LogP contribution in [0.2, 0.25) is 0 Å². The van der Waals surface area contributed by atoms with Crippen molar-refractivity contribution < 1.29 is 19.1 Å². The quantitative estimate of drug-likeness (QED) is 0.606. The maximum Gasteiger partial charge on any atom is 0.339 e. The summed E-state index contributed by atoms with van der Waals surface area (Å²) in [5.74, 6) is -0.689. The summed E-state index contributed by atoms with van der Waals surface area (Å²) in [4.78, 5) is 40.9. The molecule has 2 heterocycles. The van der Waals surface area contributed by atoms with Crippen LogP contribution < -0.4 is 5.32 Å². The minimum absolute atomic E-state index is 0.0561. The van der Waals surface area contributed by atoms with Crippen LogP contribution in [0.5, 0.6) is 0 Å². The number of carbonyl (C=O) groups is 3. The maximum atomic E-state index is 13.0. The Balaban J connectivity index is 1.59. The Kier molecular flexibility index (Phi) is 5.60. The van der Waals surface area contributed by atoms with E-state index >= 15 is 0 Å². The first-order chi connectivity index (χ1) is 12.9. The number of nitrogens with one attached hydrogen (secondary N) is 1. The zero-order valence-electron chi connectivity index (χ0n) is 15.6. The third-order valence-corrected chi connectivity index (χ3v) is 5.01. The molecular formula is C20H25N3O4. The van der Waals surface area contributed by atoms with Crippen molar-refractivity contribution in [1.29, 1.82) is 0 Å². The van der Waals surface area contributed by atoms with Crippen LogP contribution in [0, 0.1) is 0 Å². The van der Waals surface area contributed by atoms with E-state index in [1.807, 2.05) is 17.0 Å². The van der Waals surface area contributed by atoms with Crippen LogP contribution in [0.1, 0.15) is 22.8 Å². The van der Waals surface area contributed by atoms with Gasteiger partial charge in [-0.05, 0) is 18.6 Å². The number of hydrogen-bond donors (Lipinski definition) is 1. The Morgan fingerprint density at radius 1 is 1.26 bits per heavy atom. The lowest BCUT2D eigenvalue weighted by Crippen LogP contribution is -2.58. The molecule has 0 aromatic heterocycles. The lowest BCUT2D eigenvalue weighted by Gasteiger charge is -2.40. The van der Waals surface area contributed by atoms with Crippen molar-refractivity contribution in [3.63, 3.8) is 0 Å². The smallest absolute Gasteiger partial charge is 0.339 e. The third-order valence-electron chi connectivity index (χ3n) is 5.01. The van der Waals surface area contributed by atoms with Crippen molar-refractivity contribution >= 4 is 17.8 Å². The standard InChI is InChI=1S/C20H25N3O4/c1-3-8-21-17(24)14-22-9-11-23(12-10-22)19(26)20(2)13-15-6-4-5-7-16(15)18(25)27-20/h3-7H,1,8-14H2,2H3,(H,21,24). The highest BCUT2D eigenvalue weighted by Crippen LogP contribution is 2.30. The molecule has 2 amide bonds. The summed E-state index contributed by atoms with van der Waals surface area (Å²) in [7, 11) is 0. The summed E-state index contributed by atoms with van der Waals surface area (Å²) in [6, 6.07) is 7.23. The Morgan fingerprint density at radius 2 is 1.96 bits per heavy atom. The van der Waals surface area contributed by atoms with Gasteiger partial charge >= 0.3 is 5.97 Å². The second-order valence-electron chi connectivity index (χ2n) is 7.12. The molecule has 3 rings (SSSR count). The fourth-order valence-electron chi connectivity index (χ4n) is 3.54. The molecule has 1 fully saturated rings. The molecule has 0 aliphatic carbocycles. The van der Waals surface area contributed by atoms with E-state index in [1.165, 1.54) is 0 Å². The Labute approximate surface area is 159 Å². The lowest BCUT2D eigenvalue weighted by atomic mass is 9.88. The van der Waals surface area contributed by atoms with E-state index in [1.54, 1.807) is 30.0 Å². The van der Waals surface area contributed by atoms with Crippen LogP contribution in [0.15, 0.2) is 36.9 Å². The molecule has 7 heteroatoms. The minimum atomic E-state index is -1.19. The molecule has 0 radical (unpaired) electrons. The van der Waals surface area contributed by atoms with Gasteiger partial charge in [0.1, 0.15) is 0 Å². The summed E-state index contributed by atoms with van der Waals surface area (Å²) in [6.07, 6.45) is 2.01. The minimum Gasteiger partial charge on any atom is -0.445 e. The molecule has 2 aliphatic heterocycles. The first-order valence-corrected chi connectivity index (χ1v) is 9.13. The van der Waals surface area contributed by atoms with Crippen LogP contribution in [0.4, 0.5) is 0 Å². The van der Waals surface area contributed by atoms with Crippen LogP contribution in [-0.2, 0) is 20.7 Å². The molecule has 1 N–H and O–H groups in total. The number of ether oxygens (including phenoxy) is 1. The van der Waals surface area contributed by atoms with Gasteiger partial charge in [0.25, 0.3) is 5.91 Å². The molecule has 7 nitrogen and oxygen atoms in total. The SMILES string of the molecule is C=CCNC(=O)CN1CCN(C(=O)C2(C)Cc3ccccc3C(=O)O2)CC1. The van der Waals surface area contributed by atoms with Crippen molar-refractivity contribution in [2.45, 2.75) is 18.9 Å². The Morgan fingerprint density at radius 3 is 2.67 bits per heavy atom. The molecule has 2 aliphatic rings. The zero-order chi connectivity index (χ0) is 19.4. The largest absolute Gasteiger partial charge is 0.445 e. The summed E-state index contributed by atoms with van der Waals surface area (Å²) < 4.78 is 5.53. The fraction of sp³-hybridized carbons (Fsp3) is 0.450. The molecule has 1 unspecified atom stereocenters. The number of piperazine rings is 1. The molecule has 27 heavy (non-hydrogen) atoms. The van der Waals surface area contributed by atoms with Crippen LogP contribution in [-0.4, -0.2) is 72.5 Å². The summed E-state index contributed by atoms with van der Waals surface area (Å²) in [5.41, 5.74) is 0.176. The van der Waals surface area contributed by atoms with E-state index < -0.39 is 11.6 Å². The predicted octanol–water partition coefficient (Wildman–Crippen LogP) is 0.605. The van der Waals surface area contributed by atoms with Gasteiger partial charge in [-0.1, -0.05) is 24.3 Å². The van der Waals surface area contributed by atoms with Gasteiger partial charge in [-0.3, -0.25) is 14.5 Å². The zero-order valence-corrected chi connectivity index (χ0v) is 15.6. The summed E-state index contributed by atoms with van der Waals surface area (Å²) in [5, 5.41) is 2.75. The van der Waals surface area contributed by atoms with Gasteiger partial charge < -0.3 is 15.0 Å². The number of hydrogen-bond acceptors (Lipinski definition) is 5. The third kappa shape index (κ3) is 4.19. The van der Waals surface area contributed by atoms with Gasteiger partial charge in [-0.15, -0.1) is 6.58 Å². The molecule has 0 spiro atoms. The van der Waals surface area contributed by atoms with Crippen LogP contribution in [0.25, 0.3) is 0 Å². The number of nitrogens with zero attached hydrogens (tertiary/aromatic N) is 2. The fourth-order valence-corrected chi connectivity index (χ4v) is 3.54. The van der Waals surface area contributed by atoms with Crippen LogP contribution in [0.3, 0.4) is 0 Å². The van der Waals surface area contributed by atoms with E-state index in [0.717, 1.165) is 5.56 Å². The van der Waals surface area contributed by atoms with Crippen molar-refractivity contribution in [2.24, 2.45) is 0 Å². The van der Waals surface area contributed by atoms with E-state index in [9.17, 15) is 14.4 Å². The van der Waals surface area contributed by atoms with Crippen LogP contribution >= 0.6 is 0 Å². The van der Waals surface area contributed by atoms with E-state index in [4.69, 9.17) is 4.74 Å². The lowest BCUT2D eigenvalue weighted by molar-refractivity contribution is -0.153. The predicted molar refractivity (Wildman–Crippen MR) is 100 cm³/mol. The van der Waals surface area contributed by atoms with Gasteiger partial charge in [0, 0.05) is 39.1 Å². The summed E-state index contributed by atoms with van der Waals surface area (Å²) in [6.45, 7) is 8.21. The van der Waals surface area contributed by atoms with Crippen molar-refractivity contribution in [3.05, 3.63) is 48.0 Å². The second-order valence-corrected chi connectivity index (χ2v) is 7.12. The monoisotopic (exact) mass is 371 g/mol. The highest BCUT2D eigenvalue weighted by molar-refractivity contribution is 5.97. The molecule has 1 aromatic rings. The molecule has 0 saturated carbocycles. The van der Waals surface area contributed by atoms with E-state index in [2.05, 4.69) is 11.9 Å². The first-order valence-electron chi connectivity index (χ1n) is 9.13. The summed E-state index contributed by atoms with van der Waals surface area (Å²) >= 11 is 0.